The van der Waals surface area contributed by atoms with Gasteiger partial charge in [-0.2, -0.15) is 5.10 Å². The van der Waals surface area contributed by atoms with Crippen molar-refractivity contribution < 1.29 is 9.84 Å². The molecule has 2 aromatic carbocycles. The SMILES string of the molecule is C=C(C)CC1[C@H](C)C(O)CC(C)(C)C(C)/C=C/C=C(/C)C(=C)Nc2c(/C=N/N3CCN(CCn4c(NC)cnc4C)CC3)c(C)c3c4c(c(C)c(C)c3c2C)C[C@](C)(O/C=C/[C@H](CC)[C@H]1C)C4=C. The molecule has 3 unspecified atom stereocenters. The zero-order valence-corrected chi connectivity index (χ0v) is 44.8. The molecule has 0 radical (unpaired) electrons. The average Bonchev–Trinajstić information content (AvgIpc) is 3.79. The summed E-state index contributed by atoms with van der Waals surface area (Å²) in [5.41, 5.74) is 12.8. The molecule has 5 bridgehead atoms. The fourth-order valence-electron chi connectivity index (χ4n) is 11.4. The minimum Gasteiger partial charge on any atom is -0.490 e. The van der Waals surface area contributed by atoms with Gasteiger partial charge in [0.2, 0.25) is 0 Å². The lowest BCUT2D eigenvalue weighted by molar-refractivity contribution is 0.0150. The highest BCUT2D eigenvalue weighted by molar-refractivity contribution is 6.10. The number of rotatable bonds is 9. The molecule has 7 rings (SSSR count). The summed E-state index contributed by atoms with van der Waals surface area (Å²) in [6, 6.07) is 0. The Balaban J connectivity index is 1.42. The van der Waals surface area contributed by atoms with Crippen molar-refractivity contribution in [3.63, 3.8) is 0 Å². The number of fused-ring (bicyclic) bond motifs is 14. The number of aliphatic hydroxyl groups excluding tert-OH is 1. The highest BCUT2D eigenvalue weighted by atomic mass is 16.5. The van der Waals surface area contributed by atoms with Gasteiger partial charge in [0.15, 0.2) is 0 Å². The van der Waals surface area contributed by atoms with E-state index in [1.807, 2.05) is 19.5 Å². The average molecular weight is 926 g/mol. The molecule has 1 aromatic heterocycles. The Morgan fingerprint density at radius 1 is 0.956 bits per heavy atom. The predicted molar refractivity (Wildman–Crippen MR) is 291 cm³/mol. The van der Waals surface area contributed by atoms with Crippen LogP contribution in [0.25, 0.3) is 16.3 Å². The fraction of sp³-hybridized carbons (Fsp3) is 0.559. The van der Waals surface area contributed by atoms with Crippen LogP contribution in [0.2, 0.25) is 0 Å². The van der Waals surface area contributed by atoms with Crippen LogP contribution in [0.1, 0.15) is 126 Å². The van der Waals surface area contributed by atoms with Crippen molar-refractivity contribution in [2.75, 3.05) is 50.4 Å². The van der Waals surface area contributed by atoms with Crippen LogP contribution in [0, 0.1) is 69.6 Å². The Kier molecular flexibility index (Phi) is 16.5. The lowest BCUT2D eigenvalue weighted by Crippen LogP contribution is -2.45. The number of aromatic nitrogens is 2. The second-order valence-corrected chi connectivity index (χ2v) is 21.9. The van der Waals surface area contributed by atoms with E-state index in [4.69, 9.17) is 16.4 Å². The number of anilines is 2. The number of allylic oxidation sites excluding steroid dienone is 6. The largest absolute Gasteiger partial charge is 0.490 e. The lowest BCUT2D eigenvalue weighted by Gasteiger charge is -2.39. The monoisotopic (exact) mass is 926 g/mol. The Morgan fingerprint density at radius 2 is 1.65 bits per heavy atom. The number of aryl methyl sites for hydroxylation is 4. The number of hydrazone groups is 1. The van der Waals surface area contributed by atoms with Crippen molar-refractivity contribution in [2.45, 2.75) is 141 Å². The second kappa shape index (κ2) is 21.4. The van der Waals surface area contributed by atoms with E-state index in [-0.39, 0.29) is 29.1 Å². The summed E-state index contributed by atoms with van der Waals surface area (Å²) in [7, 11) is 1.95. The molecular weight excluding hydrogens is 839 g/mol. The Bertz CT molecular complexity index is 2490. The summed E-state index contributed by atoms with van der Waals surface area (Å²) in [6.07, 6.45) is 17.7. The van der Waals surface area contributed by atoms with Crippen LogP contribution in [0.3, 0.4) is 0 Å². The first-order valence-electron chi connectivity index (χ1n) is 25.5. The summed E-state index contributed by atoms with van der Waals surface area (Å²) in [6.45, 7) is 50.6. The predicted octanol–water partition coefficient (Wildman–Crippen LogP) is 12.9. The quantitative estimate of drug-likeness (QED) is 0.145. The van der Waals surface area contributed by atoms with Crippen LogP contribution < -0.4 is 10.6 Å². The third-order valence-corrected chi connectivity index (χ3v) is 16.9. The number of aliphatic hydroxyl groups is 1. The Labute approximate surface area is 411 Å². The van der Waals surface area contributed by atoms with Gasteiger partial charge < -0.3 is 25.0 Å². The highest BCUT2D eigenvalue weighted by Crippen LogP contribution is 2.51. The number of nitrogens with zero attached hydrogens (tertiary/aromatic N) is 5. The van der Waals surface area contributed by atoms with E-state index in [9.17, 15) is 5.11 Å². The summed E-state index contributed by atoms with van der Waals surface area (Å²) in [5.74, 6) is 3.24. The van der Waals surface area contributed by atoms with Gasteiger partial charge in [-0.15, -0.1) is 6.58 Å². The van der Waals surface area contributed by atoms with Gasteiger partial charge in [0.05, 0.1) is 30.5 Å². The molecule has 3 N–H and O–H groups in total. The number of imidazole rings is 1. The van der Waals surface area contributed by atoms with Crippen molar-refractivity contribution in [3.05, 3.63) is 118 Å². The van der Waals surface area contributed by atoms with Gasteiger partial charge in [-0.25, -0.2) is 4.98 Å². The van der Waals surface area contributed by atoms with Crippen LogP contribution in [-0.4, -0.2) is 82.3 Å². The van der Waals surface area contributed by atoms with Crippen LogP contribution in [-0.2, 0) is 17.7 Å². The standard InChI is InChI=1S/C59H87N7O2/c1-19-48-23-30-68-59(17)32-50-39(6)40(7)54-44(11)57(63-46(13)37(4)21-20-22-38(5)58(15,16)33-52(67)42(9)49(41(48)8)31-36(2)3)51(43(10)55(54)56(50)45(59)12)34-62-65-27-24-64(25-28-65)26-29-66-47(14)61-35-53(66)60-18/h20-23,30,34-35,38,41-42,48-49,52,60,63,67H,2,12-13,19,24-29,31-33H2,1,3-11,14-18H3/b22-20+,30-23+,37-21-,62-34+/t38?,41-,42+,48+,49?,52?,59+/m1/s1. The molecule has 9 nitrogen and oxygen atoms in total. The second-order valence-electron chi connectivity index (χ2n) is 21.9. The van der Waals surface area contributed by atoms with Gasteiger partial charge >= 0.3 is 0 Å². The summed E-state index contributed by atoms with van der Waals surface area (Å²) in [5, 5.41) is 29.1. The maximum atomic E-state index is 12.0. The first-order valence-corrected chi connectivity index (χ1v) is 25.5. The van der Waals surface area contributed by atoms with Gasteiger partial charge in [0.25, 0.3) is 0 Å². The van der Waals surface area contributed by atoms with Crippen molar-refractivity contribution in [1.82, 2.24) is 19.5 Å². The molecule has 0 saturated carbocycles. The van der Waals surface area contributed by atoms with E-state index < -0.39 is 11.7 Å². The van der Waals surface area contributed by atoms with Crippen molar-refractivity contribution in [3.8, 4) is 0 Å². The third-order valence-electron chi connectivity index (χ3n) is 16.9. The fourth-order valence-corrected chi connectivity index (χ4v) is 11.4. The third kappa shape index (κ3) is 10.8. The topological polar surface area (TPSA) is 90.2 Å². The Morgan fingerprint density at radius 3 is 2.29 bits per heavy atom. The number of piperazine rings is 1. The van der Waals surface area contributed by atoms with Crippen molar-refractivity contribution in [1.29, 1.82) is 0 Å². The van der Waals surface area contributed by atoms with Crippen molar-refractivity contribution >= 4 is 34.1 Å². The van der Waals surface area contributed by atoms with Gasteiger partial charge in [-0.05, 0) is 171 Å². The molecule has 0 spiro atoms. The molecule has 370 valence electrons. The molecule has 4 aliphatic rings. The molecule has 1 aliphatic carbocycles. The van der Waals surface area contributed by atoms with E-state index in [2.05, 4.69) is 171 Å². The molecule has 3 aromatic rings. The maximum Gasteiger partial charge on any atom is 0.134 e. The highest BCUT2D eigenvalue weighted by Gasteiger charge is 2.42. The van der Waals surface area contributed by atoms with Gasteiger partial charge in [0.1, 0.15) is 17.2 Å². The zero-order valence-electron chi connectivity index (χ0n) is 44.8. The molecule has 3 aliphatic heterocycles. The van der Waals surface area contributed by atoms with Crippen LogP contribution >= 0.6 is 0 Å². The molecular formula is C59H87N7O2. The number of hydrogen-bond donors (Lipinski definition) is 3. The molecule has 1 fully saturated rings. The van der Waals surface area contributed by atoms with Crippen LogP contribution in [0.5, 0.6) is 0 Å². The van der Waals surface area contributed by atoms with Crippen LogP contribution in [0.4, 0.5) is 11.5 Å². The van der Waals surface area contributed by atoms with E-state index in [1.165, 1.54) is 44.2 Å². The molecule has 68 heavy (non-hydrogen) atoms. The summed E-state index contributed by atoms with van der Waals surface area (Å²) < 4.78 is 9.21. The number of hydrogen-bond acceptors (Lipinski definition) is 8. The zero-order chi connectivity index (χ0) is 50.0. The van der Waals surface area contributed by atoms with E-state index >= 15 is 0 Å². The number of ether oxygens (including phenoxy) is 1. The maximum absolute atomic E-state index is 12.0. The normalized spacial score (nSPS) is 28.2. The molecule has 1 saturated heterocycles. The summed E-state index contributed by atoms with van der Waals surface area (Å²) >= 11 is 0. The molecule has 0 amide bonds. The van der Waals surface area contributed by atoms with E-state index in [0.29, 0.717) is 12.3 Å². The minimum atomic E-state index is -0.622. The smallest absolute Gasteiger partial charge is 0.134 e. The molecule has 9 heteroatoms. The lowest BCUT2D eigenvalue weighted by atomic mass is 9.67. The van der Waals surface area contributed by atoms with Crippen LogP contribution in [0.15, 0.2) is 78.4 Å². The minimum absolute atomic E-state index is 0.0937. The van der Waals surface area contributed by atoms with Gasteiger partial charge in [-0.1, -0.05) is 78.5 Å². The van der Waals surface area contributed by atoms with Crippen molar-refractivity contribution in [2.24, 2.45) is 40.1 Å². The Hall–Kier alpha value is -4.86. The summed E-state index contributed by atoms with van der Waals surface area (Å²) in [4.78, 5) is 7.03. The molecule has 7 atom stereocenters. The van der Waals surface area contributed by atoms with Gasteiger partial charge in [-0.3, -0.25) is 9.91 Å². The first kappa shape index (κ1) is 52.5. The van der Waals surface area contributed by atoms with E-state index in [0.717, 1.165) is 104 Å². The number of benzene rings is 2. The van der Waals surface area contributed by atoms with E-state index in [1.54, 1.807) is 0 Å². The van der Waals surface area contributed by atoms with Gasteiger partial charge in [0, 0.05) is 64.0 Å². The molecule has 4 heterocycles. The first-order chi connectivity index (χ1) is 32.0. The number of nitrogens with one attached hydrogen (secondary N) is 2.